The summed E-state index contributed by atoms with van der Waals surface area (Å²) in [6.07, 6.45) is 8.64. The Kier molecular flexibility index (Phi) is 4.19. The van der Waals surface area contributed by atoms with E-state index in [0.29, 0.717) is 5.92 Å². The average Bonchev–Trinajstić information content (AvgIpc) is 2.54. The van der Waals surface area contributed by atoms with E-state index in [2.05, 4.69) is 18.2 Å². The standard InChI is InChI=1S/C20H22O/c1-15(13-16-7-3-2-4-8-16)20(21)19-12-11-17-9-5-6-10-18(17)14-19/h5-6,9-14,16H,2-4,7-8H2,1H3/b15-13+. The molecule has 0 aliphatic heterocycles. The lowest BCUT2D eigenvalue weighted by molar-refractivity contribution is 0.103. The minimum absolute atomic E-state index is 0.173. The monoisotopic (exact) mass is 278 g/mol. The molecule has 2 aromatic carbocycles. The molecule has 2 aromatic rings. The number of carbonyl (C=O) groups is 1. The zero-order valence-electron chi connectivity index (χ0n) is 12.6. The number of hydrogen-bond donors (Lipinski definition) is 0. The van der Waals surface area contributed by atoms with E-state index < -0.39 is 0 Å². The Balaban J connectivity index is 1.83. The van der Waals surface area contributed by atoms with Crippen molar-refractivity contribution in [3.05, 3.63) is 59.7 Å². The Hall–Kier alpha value is -1.89. The number of allylic oxidation sites excluding steroid dienone is 2. The molecule has 0 bridgehead atoms. The molecule has 1 nitrogen and oxygen atoms in total. The molecule has 0 spiro atoms. The summed E-state index contributed by atoms with van der Waals surface area (Å²) in [5.74, 6) is 0.773. The van der Waals surface area contributed by atoms with Gasteiger partial charge in [-0.15, -0.1) is 0 Å². The van der Waals surface area contributed by atoms with Gasteiger partial charge in [-0.2, -0.15) is 0 Å². The van der Waals surface area contributed by atoms with E-state index in [-0.39, 0.29) is 5.78 Å². The minimum Gasteiger partial charge on any atom is -0.289 e. The molecule has 3 rings (SSSR count). The number of fused-ring (bicyclic) bond motifs is 1. The predicted octanol–water partition coefficient (Wildman–Crippen LogP) is 5.55. The first-order valence-electron chi connectivity index (χ1n) is 7.96. The fraction of sp³-hybridized carbons (Fsp3) is 0.350. The molecule has 0 atom stereocenters. The van der Waals surface area contributed by atoms with Crippen molar-refractivity contribution in [2.45, 2.75) is 39.0 Å². The Morgan fingerprint density at radius 1 is 1.00 bits per heavy atom. The summed E-state index contributed by atoms with van der Waals surface area (Å²) in [5.41, 5.74) is 1.70. The summed E-state index contributed by atoms with van der Waals surface area (Å²) in [5, 5.41) is 2.32. The fourth-order valence-electron chi connectivity index (χ4n) is 3.29. The van der Waals surface area contributed by atoms with Crippen LogP contribution >= 0.6 is 0 Å². The molecule has 0 N–H and O–H groups in total. The summed E-state index contributed by atoms with van der Waals surface area (Å²) in [4.78, 5) is 12.6. The third-order valence-corrected chi connectivity index (χ3v) is 4.51. The summed E-state index contributed by atoms with van der Waals surface area (Å²) in [7, 11) is 0. The predicted molar refractivity (Wildman–Crippen MR) is 88.6 cm³/mol. The summed E-state index contributed by atoms with van der Waals surface area (Å²) >= 11 is 0. The van der Waals surface area contributed by atoms with Gasteiger partial charge in [0, 0.05) is 5.56 Å². The van der Waals surface area contributed by atoms with Crippen LogP contribution in [0.2, 0.25) is 0 Å². The Morgan fingerprint density at radius 3 is 2.48 bits per heavy atom. The van der Waals surface area contributed by atoms with Gasteiger partial charge in [-0.1, -0.05) is 61.7 Å². The number of ketones is 1. The van der Waals surface area contributed by atoms with E-state index >= 15 is 0 Å². The van der Waals surface area contributed by atoms with E-state index in [1.54, 1.807) is 0 Å². The largest absolute Gasteiger partial charge is 0.289 e. The van der Waals surface area contributed by atoms with Crippen molar-refractivity contribution in [2.75, 3.05) is 0 Å². The molecule has 0 aromatic heterocycles. The van der Waals surface area contributed by atoms with Crippen LogP contribution in [0.15, 0.2) is 54.1 Å². The zero-order valence-corrected chi connectivity index (χ0v) is 12.6. The Labute approximate surface area is 126 Å². The van der Waals surface area contributed by atoms with Gasteiger partial charge in [0.1, 0.15) is 0 Å². The molecule has 21 heavy (non-hydrogen) atoms. The molecule has 1 heteroatoms. The molecule has 0 amide bonds. The van der Waals surface area contributed by atoms with Gasteiger partial charge in [-0.25, -0.2) is 0 Å². The average molecular weight is 278 g/mol. The lowest BCUT2D eigenvalue weighted by atomic mass is 9.87. The topological polar surface area (TPSA) is 17.1 Å². The molecule has 108 valence electrons. The van der Waals surface area contributed by atoms with Crippen molar-refractivity contribution < 1.29 is 4.79 Å². The summed E-state index contributed by atoms with van der Waals surface area (Å²) < 4.78 is 0. The first kappa shape index (κ1) is 14.1. The molecular formula is C20H22O. The maximum atomic E-state index is 12.6. The normalized spacial score (nSPS) is 17.1. The first-order valence-corrected chi connectivity index (χ1v) is 7.96. The van der Waals surface area contributed by atoms with E-state index in [1.165, 1.54) is 37.5 Å². The van der Waals surface area contributed by atoms with Gasteiger partial charge in [-0.3, -0.25) is 4.79 Å². The first-order chi connectivity index (χ1) is 10.2. The van der Waals surface area contributed by atoms with Gasteiger partial charge in [0.05, 0.1) is 0 Å². The van der Waals surface area contributed by atoms with Gasteiger partial charge in [0.25, 0.3) is 0 Å². The Morgan fingerprint density at radius 2 is 1.71 bits per heavy atom. The number of hydrogen-bond acceptors (Lipinski definition) is 1. The molecule has 0 saturated heterocycles. The van der Waals surface area contributed by atoms with E-state index in [1.807, 2.05) is 37.3 Å². The van der Waals surface area contributed by atoms with Crippen LogP contribution in [0.5, 0.6) is 0 Å². The van der Waals surface area contributed by atoms with Crippen LogP contribution in [0.1, 0.15) is 49.4 Å². The highest BCUT2D eigenvalue weighted by Gasteiger charge is 2.14. The maximum absolute atomic E-state index is 12.6. The van der Waals surface area contributed by atoms with Crippen molar-refractivity contribution in [1.82, 2.24) is 0 Å². The molecule has 0 unspecified atom stereocenters. The lowest BCUT2D eigenvalue weighted by Gasteiger charge is -2.18. The summed E-state index contributed by atoms with van der Waals surface area (Å²) in [6, 6.07) is 14.2. The van der Waals surface area contributed by atoms with Crippen LogP contribution in [0.3, 0.4) is 0 Å². The maximum Gasteiger partial charge on any atom is 0.188 e. The second kappa shape index (κ2) is 6.26. The van der Waals surface area contributed by atoms with Crippen molar-refractivity contribution in [3.63, 3.8) is 0 Å². The fourth-order valence-corrected chi connectivity index (χ4v) is 3.29. The highest BCUT2D eigenvalue weighted by atomic mass is 16.1. The van der Waals surface area contributed by atoms with Crippen LogP contribution in [-0.4, -0.2) is 5.78 Å². The van der Waals surface area contributed by atoms with Gasteiger partial charge >= 0.3 is 0 Å². The van der Waals surface area contributed by atoms with Crippen molar-refractivity contribution in [2.24, 2.45) is 5.92 Å². The minimum atomic E-state index is 0.173. The number of Topliss-reactive ketones (excluding diaryl/α,β-unsaturated/α-hetero) is 1. The third kappa shape index (κ3) is 3.24. The van der Waals surface area contributed by atoms with Gasteiger partial charge in [0.15, 0.2) is 5.78 Å². The van der Waals surface area contributed by atoms with Crippen molar-refractivity contribution in [3.8, 4) is 0 Å². The van der Waals surface area contributed by atoms with Gasteiger partial charge < -0.3 is 0 Å². The smallest absolute Gasteiger partial charge is 0.188 e. The molecule has 1 aliphatic carbocycles. The molecule has 0 radical (unpaired) electrons. The molecule has 1 aliphatic rings. The highest BCUT2D eigenvalue weighted by Crippen LogP contribution is 2.26. The SMILES string of the molecule is C/C(=C\C1CCCCC1)C(=O)c1ccc2ccccc2c1. The number of rotatable bonds is 3. The van der Waals surface area contributed by atoms with Crippen LogP contribution < -0.4 is 0 Å². The van der Waals surface area contributed by atoms with Crippen LogP contribution in [-0.2, 0) is 0 Å². The molecule has 0 heterocycles. The Bertz CT molecular complexity index is 675. The third-order valence-electron chi connectivity index (χ3n) is 4.51. The van der Waals surface area contributed by atoms with Crippen LogP contribution in [0.4, 0.5) is 0 Å². The van der Waals surface area contributed by atoms with E-state index in [0.717, 1.165) is 16.5 Å². The molecule has 1 saturated carbocycles. The molecule has 1 fully saturated rings. The van der Waals surface area contributed by atoms with Crippen molar-refractivity contribution in [1.29, 1.82) is 0 Å². The zero-order chi connectivity index (χ0) is 14.7. The lowest BCUT2D eigenvalue weighted by Crippen LogP contribution is -2.07. The highest BCUT2D eigenvalue weighted by molar-refractivity contribution is 6.10. The van der Waals surface area contributed by atoms with E-state index in [4.69, 9.17) is 0 Å². The van der Waals surface area contributed by atoms with E-state index in [9.17, 15) is 4.79 Å². The van der Waals surface area contributed by atoms with Crippen molar-refractivity contribution >= 4 is 16.6 Å². The van der Waals surface area contributed by atoms with Crippen LogP contribution in [0.25, 0.3) is 10.8 Å². The quantitative estimate of drug-likeness (QED) is 0.531. The van der Waals surface area contributed by atoms with Gasteiger partial charge in [-0.05, 0) is 48.1 Å². The second-order valence-electron chi connectivity index (χ2n) is 6.14. The summed E-state index contributed by atoms with van der Waals surface area (Å²) in [6.45, 7) is 1.96. The van der Waals surface area contributed by atoms with Gasteiger partial charge in [0.2, 0.25) is 0 Å². The number of benzene rings is 2. The molecular weight excluding hydrogens is 256 g/mol. The van der Waals surface area contributed by atoms with Crippen LogP contribution in [0, 0.1) is 5.92 Å². The number of carbonyl (C=O) groups excluding carboxylic acids is 1. The second-order valence-corrected chi connectivity index (χ2v) is 6.14.